The summed E-state index contributed by atoms with van der Waals surface area (Å²) < 4.78 is 5.10. The Bertz CT molecular complexity index is 316. The Balaban J connectivity index is -0.0000000514. The van der Waals surface area contributed by atoms with Gasteiger partial charge in [0.15, 0.2) is 0 Å². The van der Waals surface area contributed by atoms with Crippen molar-refractivity contribution < 1.29 is 68.7 Å². The van der Waals surface area contributed by atoms with Crippen molar-refractivity contribution >= 4 is 12.1 Å². The van der Waals surface area contributed by atoms with Crippen LogP contribution >= 0.6 is 0 Å². The van der Waals surface area contributed by atoms with Gasteiger partial charge in [-0.3, -0.25) is 0 Å². The number of carboxylic acid groups (broad SMARTS) is 1. The minimum atomic E-state index is -0.979. The lowest BCUT2D eigenvalue weighted by atomic mass is 9.84. The Labute approximate surface area is 157 Å². The second-order valence-electron chi connectivity index (χ2n) is 5.86. The number of nitrogens with one attached hydrogen (secondary N) is 1. The van der Waals surface area contributed by atoms with Gasteiger partial charge in [0.25, 0.3) is 0 Å². The van der Waals surface area contributed by atoms with Gasteiger partial charge in [0.2, 0.25) is 0 Å². The average Bonchev–Trinajstić information content (AvgIpc) is 2.24. The minimum Gasteiger partial charge on any atom is -0.480 e. The molecular formula is C13H41NO13. The molecule has 1 aliphatic rings. The third-order valence-electron chi connectivity index (χ3n) is 3.06. The normalized spacial score (nSPS) is 12.7. The van der Waals surface area contributed by atoms with E-state index >= 15 is 0 Å². The Hall–Kier alpha value is -1.62. The maximum Gasteiger partial charge on any atom is 0.408 e. The highest BCUT2D eigenvalue weighted by molar-refractivity contribution is 5.80. The zero-order valence-electron chi connectivity index (χ0n) is 15.9. The molecule has 1 amide bonds. The van der Waals surface area contributed by atoms with Gasteiger partial charge in [-0.1, -0.05) is 19.3 Å². The fraction of sp³-hybridized carbons (Fsp3) is 0.846. The molecule has 0 aromatic carbocycles. The first-order chi connectivity index (χ1) is 8.29. The van der Waals surface area contributed by atoms with Crippen LogP contribution in [0.25, 0.3) is 0 Å². The fourth-order valence-electron chi connectivity index (χ4n) is 2.28. The maximum absolute atomic E-state index is 11.6. The highest BCUT2D eigenvalue weighted by Crippen LogP contribution is 2.26. The number of aliphatic carboxylic acids is 1. The number of hydrogen-bond acceptors (Lipinski definition) is 3. The van der Waals surface area contributed by atoms with Crippen molar-refractivity contribution in [3.05, 3.63) is 0 Å². The van der Waals surface area contributed by atoms with Crippen molar-refractivity contribution in [1.82, 2.24) is 5.32 Å². The summed E-state index contributed by atoms with van der Waals surface area (Å²) in [4.78, 5) is 22.8. The molecule has 14 nitrogen and oxygen atoms in total. The Morgan fingerprint density at radius 1 is 0.852 bits per heavy atom. The lowest BCUT2D eigenvalue weighted by Crippen LogP contribution is -2.48. The van der Waals surface area contributed by atoms with Crippen LogP contribution in [0.3, 0.4) is 0 Å². The summed E-state index contributed by atoms with van der Waals surface area (Å²) in [7, 11) is 0. The molecular weight excluding hydrogens is 378 g/mol. The van der Waals surface area contributed by atoms with Gasteiger partial charge in [-0.05, 0) is 39.5 Å². The summed E-state index contributed by atoms with van der Waals surface area (Å²) in [5.74, 6) is -0.962. The molecule has 176 valence electrons. The van der Waals surface area contributed by atoms with E-state index in [2.05, 4.69) is 5.32 Å². The number of alkyl carbamates (subject to hydrolysis) is 1. The maximum atomic E-state index is 11.6. The number of ether oxygens (including phenoxy) is 1. The Kier molecular flexibility index (Phi) is 50.8. The third-order valence-corrected chi connectivity index (χ3v) is 3.06. The van der Waals surface area contributed by atoms with E-state index < -0.39 is 23.7 Å². The van der Waals surface area contributed by atoms with Gasteiger partial charge in [0.1, 0.15) is 11.6 Å². The number of carbonyl (C=O) groups excluding carboxylic acids is 1. The van der Waals surface area contributed by atoms with Crippen LogP contribution in [0.4, 0.5) is 4.79 Å². The van der Waals surface area contributed by atoms with Crippen LogP contribution in [0.5, 0.6) is 0 Å². The largest absolute Gasteiger partial charge is 0.480 e. The van der Waals surface area contributed by atoms with E-state index in [1.54, 1.807) is 20.8 Å². The molecule has 20 N–H and O–H groups in total. The minimum absolute atomic E-state index is 0. The summed E-state index contributed by atoms with van der Waals surface area (Å²) >= 11 is 0. The Morgan fingerprint density at radius 3 is 1.52 bits per heavy atom. The monoisotopic (exact) mass is 419 g/mol. The SMILES string of the molecule is CC(C)(C)OC(=O)N[C@H](C(=O)O)C1CCCCC1.O.O.O.O.O.O.O.O.O. The first kappa shape index (κ1) is 56.2. The van der Waals surface area contributed by atoms with E-state index in [-0.39, 0.29) is 55.2 Å². The topological polar surface area (TPSA) is 359 Å². The van der Waals surface area contributed by atoms with Crippen molar-refractivity contribution in [3.63, 3.8) is 0 Å². The van der Waals surface area contributed by atoms with Crippen LogP contribution in [-0.4, -0.2) is 78.1 Å². The Morgan fingerprint density at radius 2 is 1.22 bits per heavy atom. The van der Waals surface area contributed by atoms with Gasteiger partial charge in [-0.2, -0.15) is 0 Å². The predicted octanol–water partition coefficient (Wildman–Crippen LogP) is -4.88. The van der Waals surface area contributed by atoms with Crippen molar-refractivity contribution in [2.24, 2.45) is 5.92 Å². The smallest absolute Gasteiger partial charge is 0.408 e. The molecule has 0 aromatic heterocycles. The van der Waals surface area contributed by atoms with Gasteiger partial charge in [-0.25, -0.2) is 9.59 Å². The molecule has 1 aliphatic carbocycles. The quantitative estimate of drug-likeness (QED) is 0.453. The molecule has 1 atom stereocenters. The standard InChI is InChI=1S/C13H23NO4.9H2O/c1-13(2,3)18-12(17)14-10(11(15)16)9-7-5-4-6-8-9;;;;;;;;;/h9-10H,4-8H2,1-3H3,(H,14,17)(H,15,16);9*1H2/t10-;;;;;;;;;/m0........./s1. The van der Waals surface area contributed by atoms with E-state index in [0.29, 0.717) is 0 Å². The summed E-state index contributed by atoms with van der Waals surface area (Å²) in [5, 5.41) is 11.7. The van der Waals surface area contributed by atoms with E-state index in [1.807, 2.05) is 0 Å². The van der Waals surface area contributed by atoms with Crippen LogP contribution in [0.2, 0.25) is 0 Å². The first-order valence-corrected chi connectivity index (χ1v) is 6.52. The second kappa shape index (κ2) is 24.4. The summed E-state index contributed by atoms with van der Waals surface area (Å²) in [6.45, 7) is 5.26. The van der Waals surface area contributed by atoms with Gasteiger partial charge in [0, 0.05) is 0 Å². The second-order valence-corrected chi connectivity index (χ2v) is 5.86. The van der Waals surface area contributed by atoms with Gasteiger partial charge < -0.3 is 64.4 Å². The summed E-state index contributed by atoms with van der Waals surface area (Å²) in [5.41, 5.74) is -0.611. The van der Waals surface area contributed by atoms with E-state index in [4.69, 9.17) is 4.74 Å². The van der Waals surface area contributed by atoms with Crippen LogP contribution in [0.15, 0.2) is 0 Å². The van der Waals surface area contributed by atoms with E-state index in [0.717, 1.165) is 32.1 Å². The molecule has 0 heterocycles. The van der Waals surface area contributed by atoms with Crippen molar-refractivity contribution in [1.29, 1.82) is 0 Å². The molecule has 0 bridgehead atoms. The van der Waals surface area contributed by atoms with Gasteiger partial charge in [0.05, 0.1) is 0 Å². The van der Waals surface area contributed by atoms with Crippen molar-refractivity contribution in [3.8, 4) is 0 Å². The van der Waals surface area contributed by atoms with E-state index in [1.165, 1.54) is 0 Å². The molecule has 0 radical (unpaired) electrons. The van der Waals surface area contributed by atoms with Crippen LogP contribution in [0.1, 0.15) is 52.9 Å². The lowest BCUT2D eigenvalue weighted by Gasteiger charge is -2.29. The zero-order chi connectivity index (χ0) is 13.8. The number of carbonyl (C=O) groups is 2. The van der Waals surface area contributed by atoms with Crippen LogP contribution < -0.4 is 5.32 Å². The molecule has 1 rings (SSSR count). The summed E-state index contributed by atoms with van der Waals surface area (Å²) in [6.07, 6.45) is 4.27. The average molecular weight is 419 g/mol. The molecule has 27 heavy (non-hydrogen) atoms. The molecule has 0 aromatic rings. The number of amides is 1. The number of hydrogen-bond donors (Lipinski definition) is 2. The molecule has 0 aliphatic heterocycles. The first-order valence-electron chi connectivity index (χ1n) is 6.52. The van der Waals surface area contributed by atoms with E-state index in [9.17, 15) is 14.7 Å². The van der Waals surface area contributed by atoms with Crippen LogP contribution in [0, 0.1) is 5.92 Å². The number of carboxylic acids is 1. The highest BCUT2D eigenvalue weighted by Gasteiger charge is 2.32. The molecule has 1 fully saturated rings. The number of rotatable bonds is 3. The fourth-order valence-corrected chi connectivity index (χ4v) is 2.28. The highest BCUT2D eigenvalue weighted by atomic mass is 16.6. The molecule has 14 heteroatoms. The summed E-state index contributed by atoms with van der Waals surface area (Å²) in [6, 6.07) is -0.833. The molecule has 0 unspecified atom stereocenters. The molecule has 1 saturated carbocycles. The van der Waals surface area contributed by atoms with Crippen molar-refractivity contribution in [2.45, 2.75) is 64.5 Å². The predicted molar refractivity (Wildman–Crippen MR) is 99.9 cm³/mol. The van der Waals surface area contributed by atoms with Gasteiger partial charge >= 0.3 is 12.1 Å². The van der Waals surface area contributed by atoms with Gasteiger partial charge in [-0.15, -0.1) is 0 Å². The lowest BCUT2D eigenvalue weighted by molar-refractivity contribution is -0.141. The van der Waals surface area contributed by atoms with Crippen LogP contribution in [-0.2, 0) is 9.53 Å². The third kappa shape index (κ3) is 22.3. The molecule has 0 saturated heterocycles. The zero-order valence-corrected chi connectivity index (χ0v) is 15.9. The van der Waals surface area contributed by atoms with Crippen molar-refractivity contribution in [2.75, 3.05) is 0 Å². The molecule has 0 spiro atoms.